The largest absolute Gasteiger partial charge is 0.464 e. The standard InChI is InChI=1S/C24H28N2O4/c1-4-16-10-9-13-18(14-16)20-19(17-11-7-6-8-12-17)15(3)26(24(28)29)22(25)21(20)23(27)30-5-2/h1,9-10,13-14,17,20H,5-8,11-12,25H2,2-3H3,(H,28,29). The Balaban J connectivity index is 2.27. The maximum Gasteiger partial charge on any atom is 0.417 e. The molecule has 3 rings (SSSR count). The van der Waals surface area contributed by atoms with Gasteiger partial charge in [0.2, 0.25) is 0 Å². The lowest BCUT2D eigenvalue weighted by atomic mass is 9.71. The van der Waals surface area contributed by atoms with Crippen molar-refractivity contribution >= 4 is 12.1 Å². The second kappa shape index (κ2) is 9.08. The lowest BCUT2D eigenvalue weighted by molar-refractivity contribution is -0.139. The fraction of sp³-hybridized carbons (Fsp3) is 0.417. The van der Waals surface area contributed by atoms with Crippen molar-refractivity contribution < 1.29 is 19.4 Å². The maximum atomic E-state index is 13.0. The van der Waals surface area contributed by atoms with Gasteiger partial charge in [-0.2, -0.15) is 0 Å². The summed E-state index contributed by atoms with van der Waals surface area (Å²) in [4.78, 5) is 26.1. The zero-order valence-corrected chi connectivity index (χ0v) is 17.5. The van der Waals surface area contributed by atoms with Crippen LogP contribution in [0.3, 0.4) is 0 Å². The fourth-order valence-corrected chi connectivity index (χ4v) is 4.72. The fourth-order valence-electron chi connectivity index (χ4n) is 4.72. The number of hydrogen-bond donors (Lipinski definition) is 2. The highest BCUT2D eigenvalue weighted by molar-refractivity contribution is 5.94. The molecule has 6 nitrogen and oxygen atoms in total. The smallest absolute Gasteiger partial charge is 0.417 e. The van der Waals surface area contributed by atoms with Crippen LogP contribution in [0, 0.1) is 18.3 Å². The van der Waals surface area contributed by atoms with Crippen molar-refractivity contribution in [2.75, 3.05) is 6.61 Å². The Hall–Kier alpha value is -3.20. The molecule has 1 unspecified atom stereocenters. The van der Waals surface area contributed by atoms with Gasteiger partial charge in [0, 0.05) is 17.2 Å². The molecule has 0 bridgehead atoms. The summed E-state index contributed by atoms with van der Waals surface area (Å²) in [6.07, 6.45) is 9.58. The number of ether oxygens (including phenoxy) is 1. The Labute approximate surface area is 177 Å². The van der Waals surface area contributed by atoms with E-state index in [1.165, 1.54) is 0 Å². The van der Waals surface area contributed by atoms with Gasteiger partial charge in [-0.15, -0.1) is 6.42 Å². The topological polar surface area (TPSA) is 92.9 Å². The van der Waals surface area contributed by atoms with E-state index in [2.05, 4.69) is 5.92 Å². The Morgan fingerprint density at radius 2 is 2.00 bits per heavy atom. The van der Waals surface area contributed by atoms with Crippen LogP contribution >= 0.6 is 0 Å². The Kier molecular flexibility index (Phi) is 6.51. The molecule has 1 fully saturated rings. The lowest BCUT2D eigenvalue weighted by Crippen LogP contribution is -2.41. The molecule has 0 aromatic heterocycles. The van der Waals surface area contributed by atoms with Crippen molar-refractivity contribution in [3.8, 4) is 12.3 Å². The van der Waals surface area contributed by atoms with Gasteiger partial charge in [0.1, 0.15) is 5.82 Å². The molecule has 1 amide bonds. The van der Waals surface area contributed by atoms with Gasteiger partial charge in [-0.05, 0) is 55.9 Å². The average Bonchev–Trinajstić information content (AvgIpc) is 2.73. The number of carbonyl (C=O) groups is 2. The van der Waals surface area contributed by atoms with Gasteiger partial charge in [-0.25, -0.2) is 14.5 Å². The summed E-state index contributed by atoms with van der Waals surface area (Å²) < 4.78 is 5.30. The minimum Gasteiger partial charge on any atom is -0.464 e. The van der Waals surface area contributed by atoms with Crippen molar-refractivity contribution in [3.63, 3.8) is 0 Å². The SMILES string of the molecule is C#Cc1cccc(C2C(C(=O)OCC)=C(N)N(C(=O)O)C(C)=C2C2CCCCC2)c1. The van der Waals surface area contributed by atoms with Gasteiger partial charge in [0.05, 0.1) is 12.2 Å². The quantitative estimate of drug-likeness (QED) is 0.571. The van der Waals surface area contributed by atoms with E-state index in [1.54, 1.807) is 13.8 Å². The molecule has 0 saturated heterocycles. The third-order valence-electron chi connectivity index (χ3n) is 5.99. The van der Waals surface area contributed by atoms with E-state index in [4.69, 9.17) is 16.9 Å². The molecule has 1 saturated carbocycles. The molecule has 1 atom stereocenters. The van der Waals surface area contributed by atoms with Crippen LogP contribution in [0.2, 0.25) is 0 Å². The van der Waals surface area contributed by atoms with E-state index < -0.39 is 18.0 Å². The first-order valence-electron chi connectivity index (χ1n) is 10.4. The van der Waals surface area contributed by atoms with Gasteiger partial charge in [0.15, 0.2) is 0 Å². The zero-order chi connectivity index (χ0) is 21.8. The summed E-state index contributed by atoms with van der Waals surface area (Å²) in [5.74, 6) is 1.61. The number of benzene rings is 1. The van der Waals surface area contributed by atoms with E-state index in [-0.39, 0.29) is 23.9 Å². The molecule has 1 heterocycles. The minimum absolute atomic E-state index is 0.103. The molecule has 2 aliphatic rings. The summed E-state index contributed by atoms with van der Waals surface area (Å²) in [6, 6.07) is 7.44. The van der Waals surface area contributed by atoms with Crippen LogP contribution in [0.1, 0.15) is 63.0 Å². The van der Waals surface area contributed by atoms with Crippen molar-refractivity contribution in [2.24, 2.45) is 11.7 Å². The first kappa shape index (κ1) is 21.5. The molecular weight excluding hydrogens is 380 g/mol. The number of carbonyl (C=O) groups excluding carboxylic acids is 1. The van der Waals surface area contributed by atoms with Crippen LogP contribution < -0.4 is 5.73 Å². The minimum atomic E-state index is -1.21. The summed E-state index contributed by atoms with van der Waals surface area (Å²) in [5, 5.41) is 9.86. The van der Waals surface area contributed by atoms with Crippen LogP contribution in [0.25, 0.3) is 0 Å². The Morgan fingerprint density at radius 3 is 2.60 bits per heavy atom. The van der Waals surface area contributed by atoms with Crippen molar-refractivity contribution in [1.82, 2.24) is 4.90 Å². The number of hydrogen-bond acceptors (Lipinski definition) is 4. The second-order valence-electron chi connectivity index (χ2n) is 7.72. The zero-order valence-electron chi connectivity index (χ0n) is 17.5. The van der Waals surface area contributed by atoms with E-state index in [0.717, 1.165) is 48.1 Å². The molecule has 158 valence electrons. The predicted molar refractivity (Wildman–Crippen MR) is 114 cm³/mol. The highest BCUT2D eigenvalue weighted by Gasteiger charge is 2.42. The number of esters is 1. The van der Waals surface area contributed by atoms with E-state index in [9.17, 15) is 14.7 Å². The van der Waals surface area contributed by atoms with Gasteiger partial charge in [-0.1, -0.05) is 37.3 Å². The molecule has 1 aliphatic heterocycles. The van der Waals surface area contributed by atoms with E-state index in [1.807, 2.05) is 24.3 Å². The third kappa shape index (κ3) is 3.93. The molecule has 1 aliphatic carbocycles. The van der Waals surface area contributed by atoms with Crippen LogP contribution in [0.4, 0.5) is 4.79 Å². The van der Waals surface area contributed by atoms with Crippen LogP contribution in [0.5, 0.6) is 0 Å². The van der Waals surface area contributed by atoms with Crippen molar-refractivity contribution in [3.05, 3.63) is 58.1 Å². The molecule has 0 radical (unpaired) electrons. The normalized spacial score (nSPS) is 20.2. The Bertz CT molecular complexity index is 948. The summed E-state index contributed by atoms with van der Waals surface area (Å²) in [6.45, 7) is 3.65. The lowest BCUT2D eigenvalue weighted by Gasteiger charge is -2.39. The van der Waals surface area contributed by atoms with Crippen LogP contribution in [-0.2, 0) is 9.53 Å². The summed E-state index contributed by atoms with van der Waals surface area (Å²) in [5.41, 5.74) is 9.45. The van der Waals surface area contributed by atoms with Gasteiger partial charge in [-0.3, -0.25) is 0 Å². The number of amides is 1. The van der Waals surface area contributed by atoms with Crippen LogP contribution in [-0.4, -0.2) is 28.7 Å². The molecule has 0 spiro atoms. The number of nitrogens with two attached hydrogens (primary N) is 1. The highest BCUT2D eigenvalue weighted by Crippen LogP contribution is 2.47. The second-order valence-corrected chi connectivity index (χ2v) is 7.72. The van der Waals surface area contributed by atoms with Crippen molar-refractivity contribution in [1.29, 1.82) is 0 Å². The first-order valence-corrected chi connectivity index (χ1v) is 10.4. The van der Waals surface area contributed by atoms with Crippen LogP contribution in [0.15, 0.2) is 46.9 Å². The first-order chi connectivity index (χ1) is 14.4. The van der Waals surface area contributed by atoms with Crippen molar-refractivity contribution in [2.45, 2.75) is 51.9 Å². The van der Waals surface area contributed by atoms with Gasteiger partial charge < -0.3 is 15.6 Å². The number of carboxylic acid groups (broad SMARTS) is 1. The maximum absolute atomic E-state index is 13.0. The van der Waals surface area contributed by atoms with E-state index in [0.29, 0.717) is 11.3 Å². The molecule has 6 heteroatoms. The third-order valence-corrected chi connectivity index (χ3v) is 5.99. The Morgan fingerprint density at radius 1 is 1.30 bits per heavy atom. The molecule has 1 aromatic rings. The summed E-state index contributed by atoms with van der Waals surface area (Å²) in [7, 11) is 0. The highest BCUT2D eigenvalue weighted by atomic mass is 16.5. The summed E-state index contributed by atoms with van der Waals surface area (Å²) >= 11 is 0. The number of terminal acetylenes is 1. The molecule has 1 aromatic carbocycles. The average molecular weight is 408 g/mol. The number of rotatable bonds is 4. The predicted octanol–water partition coefficient (Wildman–Crippen LogP) is 4.33. The van der Waals surface area contributed by atoms with E-state index >= 15 is 0 Å². The van der Waals surface area contributed by atoms with Gasteiger partial charge >= 0.3 is 12.1 Å². The number of nitrogens with zero attached hydrogens (tertiary/aromatic N) is 1. The molecular formula is C24H28N2O4. The monoisotopic (exact) mass is 408 g/mol. The van der Waals surface area contributed by atoms with Gasteiger partial charge in [0.25, 0.3) is 0 Å². The molecule has 30 heavy (non-hydrogen) atoms. The molecule has 3 N–H and O–H groups in total. The number of allylic oxidation sites excluding steroid dienone is 2.